The first kappa shape index (κ1) is 17.0. The molecule has 1 N–H and O–H groups in total. The minimum absolute atomic E-state index is 0.161. The van der Waals surface area contributed by atoms with Crippen LogP contribution in [-0.4, -0.2) is 22.7 Å². The molecule has 1 heterocycles. The van der Waals surface area contributed by atoms with Crippen molar-refractivity contribution < 1.29 is 9.59 Å². The van der Waals surface area contributed by atoms with Crippen molar-refractivity contribution in [2.75, 3.05) is 12.0 Å². The number of amides is 2. The van der Waals surface area contributed by atoms with E-state index in [1.54, 1.807) is 12.2 Å². The third-order valence-electron chi connectivity index (χ3n) is 3.67. The van der Waals surface area contributed by atoms with E-state index in [1.807, 2.05) is 67.6 Å². The van der Waals surface area contributed by atoms with Crippen LogP contribution in [0.1, 0.15) is 11.1 Å². The minimum atomic E-state index is -0.270. The second-order valence-corrected chi connectivity index (χ2v) is 6.60. The van der Waals surface area contributed by atoms with Gasteiger partial charge in [-0.3, -0.25) is 14.5 Å². The largest absolute Gasteiger partial charge is 0.367 e. The van der Waals surface area contributed by atoms with Gasteiger partial charge in [-0.05, 0) is 48.0 Å². The lowest BCUT2D eigenvalue weighted by atomic mass is 10.2. The maximum absolute atomic E-state index is 12.4. The molecule has 5 heteroatoms. The molecule has 126 valence electrons. The van der Waals surface area contributed by atoms with E-state index in [9.17, 15) is 9.59 Å². The first-order chi connectivity index (χ1) is 12.1. The van der Waals surface area contributed by atoms with E-state index >= 15 is 0 Å². The third kappa shape index (κ3) is 4.39. The molecule has 2 aromatic rings. The van der Waals surface area contributed by atoms with Crippen molar-refractivity contribution in [3.05, 3.63) is 82.8 Å². The fourth-order valence-electron chi connectivity index (χ4n) is 2.39. The summed E-state index contributed by atoms with van der Waals surface area (Å²) in [5.41, 5.74) is 3.04. The summed E-state index contributed by atoms with van der Waals surface area (Å²) in [6, 6.07) is 17.6. The van der Waals surface area contributed by atoms with Crippen LogP contribution in [0.25, 0.3) is 6.08 Å². The number of hydrogen-bond donors (Lipinski definition) is 1. The number of thioether (sulfide) groups is 1. The summed E-state index contributed by atoms with van der Waals surface area (Å²) < 4.78 is 0. The molecule has 1 aliphatic heterocycles. The summed E-state index contributed by atoms with van der Waals surface area (Å²) in [6.45, 7) is 2.15. The normalized spacial score (nSPS) is 16.2. The molecule has 0 spiro atoms. The number of carbonyl (C=O) groups excluding carboxylic acids is 2. The van der Waals surface area contributed by atoms with Crippen LogP contribution in [0, 0.1) is 6.92 Å². The number of allylic oxidation sites excluding steroid dienone is 2. The molecule has 2 aromatic carbocycles. The molecule has 0 saturated carbocycles. The third-order valence-corrected chi connectivity index (χ3v) is 4.59. The number of hydrogen-bond acceptors (Lipinski definition) is 4. The average Bonchev–Trinajstić information content (AvgIpc) is 2.88. The van der Waals surface area contributed by atoms with Gasteiger partial charge in [0.1, 0.15) is 0 Å². The van der Waals surface area contributed by atoms with Gasteiger partial charge < -0.3 is 5.32 Å². The Balaban J connectivity index is 1.63. The van der Waals surface area contributed by atoms with Crippen LogP contribution in [0.5, 0.6) is 0 Å². The smallest absolute Gasteiger partial charge is 0.295 e. The lowest BCUT2D eigenvalue weighted by Gasteiger charge is -2.14. The summed E-state index contributed by atoms with van der Waals surface area (Å²) in [4.78, 5) is 26.1. The van der Waals surface area contributed by atoms with E-state index in [0.29, 0.717) is 4.91 Å². The molecule has 3 rings (SSSR count). The van der Waals surface area contributed by atoms with E-state index in [4.69, 9.17) is 0 Å². The maximum atomic E-state index is 12.4. The molecule has 1 fully saturated rings. The van der Waals surface area contributed by atoms with Gasteiger partial charge in [-0.15, -0.1) is 0 Å². The standard InChI is InChI=1S/C20H18N2O2S/c1-15-7-5-11-17(13-15)21-14-22-19(23)18(25-20(22)24)12-6-10-16-8-3-2-4-9-16/h2-13,21H,14H2,1H3/b10-6-,18-12+. The van der Waals surface area contributed by atoms with E-state index in [1.165, 1.54) is 4.90 Å². The van der Waals surface area contributed by atoms with Gasteiger partial charge in [0.2, 0.25) is 0 Å². The van der Waals surface area contributed by atoms with Gasteiger partial charge in [0.05, 0.1) is 11.6 Å². The highest BCUT2D eigenvalue weighted by Gasteiger charge is 2.34. The van der Waals surface area contributed by atoms with Crippen LogP contribution in [0.4, 0.5) is 10.5 Å². The molecule has 0 unspecified atom stereocenters. The summed E-state index contributed by atoms with van der Waals surface area (Å²) in [7, 11) is 0. The van der Waals surface area contributed by atoms with Gasteiger partial charge >= 0.3 is 0 Å². The summed E-state index contributed by atoms with van der Waals surface area (Å²) in [6.07, 6.45) is 5.38. The lowest BCUT2D eigenvalue weighted by Crippen LogP contribution is -2.33. The molecule has 0 atom stereocenters. The van der Waals surface area contributed by atoms with E-state index < -0.39 is 0 Å². The number of imide groups is 1. The highest BCUT2D eigenvalue weighted by Crippen LogP contribution is 2.30. The molecular weight excluding hydrogens is 332 g/mol. The van der Waals surface area contributed by atoms with Crippen LogP contribution in [0.2, 0.25) is 0 Å². The zero-order valence-electron chi connectivity index (χ0n) is 13.8. The van der Waals surface area contributed by atoms with Crippen molar-refractivity contribution in [3.8, 4) is 0 Å². The fraction of sp³-hybridized carbons (Fsp3) is 0.100. The molecule has 0 aliphatic carbocycles. The number of aryl methyl sites for hydroxylation is 1. The zero-order chi connectivity index (χ0) is 17.6. The van der Waals surface area contributed by atoms with E-state index in [0.717, 1.165) is 28.6 Å². The summed E-state index contributed by atoms with van der Waals surface area (Å²) in [5.74, 6) is -0.270. The molecule has 1 aliphatic rings. The number of nitrogens with one attached hydrogen (secondary N) is 1. The Morgan fingerprint density at radius 1 is 1.08 bits per heavy atom. The number of anilines is 1. The van der Waals surface area contributed by atoms with Gasteiger partial charge in [0.15, 0.2) is 0 Å². The van der Waals surface area contributed by atoms with Crippen LogP contribution in [-0.2, 0) is 4.79 Å². The van der Waals surface area contributed by atoms with Gasteiger partial charge in [-0.25, -0.2) is 0 Å². The Morgan fingerprint density at radius 2 is 1.88 bits per heavy atom. The minimum Gasteiger partial charge on any atom is -0.367 e. The van der Waals surface area contributed by atoms with Crippen molar-refractivity contribution >= 4 is 34.7 Å². The van der Waals surface area contributed by atoms with Crippen LogP contribution in [0.3, 0.4) is 0 Å². The highest BCUT2D eigenvalue weighted by atomic mass is 32.2. The topological polar surface area (TPSA) is 49.4 Å². The first-order valence-corrected chi connectivity index (χ1v) is 8.73. The van der Waals surface area contributed by atoms with Gasteiger partial charge in [0, 0.05) is 5.69 Å². The monoisotopic (exact) mass is 350 g/mol. The number of rotatable bonds is 5. The van der Waals surface area contributed by atoms with Crippen molar-refractivity contribution in [1.82, 2.24) is 4.90 Å². The Labute approximate surface area is 151 Å². The molecule has 0 aromatic heterocycles. The van der Waals surface area contributed by atoms with Gasteiger partial charge in [-0.2, -0.15) is 0 Å². The van der Waals surface area contributed by atoms with Gasteiger partial charge in [-0.1, -0.05) is 54.6 Å². The molecule has 25 heavy (non-hydrogen) atoms. The predicted molar refractivity (Wildman–Crippen MR) is 103 cm³/mol. The zero-order valence-corrected chi connectivity index (χ0v) is 14.6. The quantitative estimate of drug-likeness (QED) is 0.797. The van der Waals surface area contributed by atoms with Crippen molar-refractivity contribution in [3.63, 3.8) is 0 Å². The van der Waals surface area contributed by atoms with Gasteiger partial charge in [0.25, 0.3) is 11.1 Å². The molecule has 0 radical (unpaired) electrons. The number of carbonyl (C=O) groups is 2. The lowest BCUT2D eigenvalue weighted by molar-refractivity contribution is -0.122. The Morgan fingerprint density at radius 3 is 2.64 bits per heavy atom. The summed E-state index contributed by atoms with van der Waals surface area (Å²) in [5, 5.41) is 2.86. The maximum Gasteiger partial charge on any atom is 0.295 e. The molecule has 4 nitrogen and oxygen atoms in total. The predicted octanol–water partition coefficient (Wildman–Crippen LogP) is 4.66. The van der Waals surface area contributed by atoms with Crippen LogP contribution >= 0.6 is 11.8 Å². The second kappa shape index (κ2) is 7.85. The molecule has 1 saturated heterocycles. The highest BCUT2D eigenvalue weighted by molar-refractivity contribution is 8.18. The Hall–Kier alpha value is -2.79. The van der Waals surface area contributed by atoms with Crippen molar-refractivity contribution in [1.29, 1.82) is 0 Å². The average molecular weight is 350 g/mol. The number of benzene rings is 2. The molecule has 0 bridgehead atoms. The summed E-state index contributed by atoms with van der Waals surface area (Å²) >= 11 is 0.963. The van der Waals surface area contributed by atoms with E-state index in [-0.39, 0.29) is 17.8 Å². The molecule has 2 amide bonds. The SMILES string of the molecule is Cc1cccc(NCN2C(=O)S/C(=C/C=C\c3ccccc3)C2=O)c1. The second-order valence-electron chi connectivity index (χ2n) is 5.61. The van der Waals surface area contributed by atoms with E-state index in [2.05, 4.69) is 5.32 Å². The Kier molecular flexibility index (Phi) is 5.36. The van der Waals surface area contributed by atoms with Crippen molar-refractivity contribution in [2.24, 2.45) is 0 Å². The first-order valence-electron chi connectivity index (χ1n) is 7.91. The molecular formula is C20H18N2O2S. The Bertz CT molecular complexity index is 844. The van der Waals surface area contributed by atoms with Crippen molar-refractivity contribution in [2.45, 2.75) is 6.92 Å². The number of nitrogens with zero attached hydrogens (tertiary/aromatic N) is 1. The fourth-order valence-corrected chi connectivity index (χ4v) is 3.18. The van der Waals surface area contributed by atoms with Crippen LogP contribution in [0.15, 0.2) is 71.7 Å². The van der Waals surface area contributed by atoms with Crippen LogP contribution < -0.4 is 5.32 Å².